The average Bonchev–Trinajstić information content (AvgIpc) is 2.68. The summed E-state index contributed by atoms with van der Waals surface area (Å²) in [5.41, 5.74) is 1.20. The number of rotatable bonds is 5. The first kappa shape index (κ1) is 25.0. The van der Waals surface area contributed by atoms with E-state index in [1.807, 2.05) is 19.9 Å². The van der Waals surface area contributed by atoms with E-state index in [2.05, 4.69) is 4.90 Å². The number of carbonyl (C=O) groups is 1. The number of halogens is 1. The Hall–Kier alpha value is -1.67. The van der Waals surface area contributed by atoms with Gasteiger partial charge in [0.15, 0.2) is 9.84 Å². The van der Waals surface area contributed by atoms with Crippen molar-refractivity contribution >= 4 is 21.4 Å². The van der Waals surface area contributed by atoms with Crippen molar-refractivity contribution in [2.75, 3.05) is 36.8 Å². The fourth-order valence-corrected chi connectivity index (χ4v) is 5.90. The van der Waals surface area contributed by atoms with Crippen LogP contribution in [0.5, 0.6) is 0 Å². The van der Waals surface area contributed by atoms with E-state index in [1.165, 1.54) is 6.07 Å². The maximum atomic E-state index is 14.8. The summed E-state index contributed by atoms with van der Waals surface area (Å²) < 4.78 is 44.7. The lowest BCUT2D eigenvalue weighted by atomic mass is 9.98. The summed E-state index contributed by atoms with van der Waals surface area (Å²) in [4.78, 5) is 16.6. The highest BCUT2D eigenvalue weighted by molar-refractivity contribution is 7.92. The van der Waals surface area contributed by atoms with Crippen molar-refractivity contribution in [1.29, 1.82) is 0 Å². The van der Waals surface area contributed by atoms with Crippen molar-refractivity contribution in [3.63, 3.8) is 0 Å². The number of piperidine rings is 1. The van der Waals surface area contributed by atoms with Crippen molar-refractivity contribution in [3.8, 4) is 0 Å². The van der Waals surface area contributed by atoms with Crippen LogP contribution >= 0.6 is 0 Å². The van der Waals surface area contributed by atoms with Gasteiger partial charge in [-0.05, 0) is 71.1 Å². The summed E-state index contributed by atoms with van der Waals surface area (Å²) >= 11 is 0. The van der Waals surface area contributed by atoms with Crippen LogP contribution in [0, 0.1) is 11.7 Å². The van der Waals surface area contributed by atoms with Crippen LogP contribution in [0.1, 0.15) is 53.0 Å². The van der Waals surface area contributed by atoms with Gasteiger partial charge in [0.25, 0.3) is 0 Å². The van der Waals surface area contributed by atoms with Crippen LogP contribution in [0.2, 0.25) is 0 Å². The Morgan fingerprint density at radius 2 is 1.72 bits per heavy atom. The molecule has 0 bridgehead atoms. The number of likely N-dealkylation sites (tertiary alicyclic amines) is 1. The highest BCUT2D eigenvalue weighted by Gasteiger charge is 2.33. The number of hydrogen-bond donors (Lipinski definition) is 0. The lowest BCUT2D eigenvalue weighted by molar-refractivity contribution is -0.131. The minimum absolute atomic E-state index is 0.0208. The maximum absolute atomic E-state index is 14.8. The van der Waals surface area contributed by atoms with Crippen LogP contribution in [0.4, 0.5) is 10.1 Å². The molecule has 2 fully saturated rings. The highest BCUT2D eigenvalue weighted by atomic mass is 32.2. The molecule has 2 saturated heterocycles. The first-order chi connectivity index (χ1) is 14.9. The minimum atomic E-state index is -3.17. The summed E-state index contributed by atoms with van der Waals surface area (Å²) in [5.74, 6) is -0.248. The third kappa shape index (κ3) is 6.01. The number of morpholine rings is 1. The predicted octanol–water partition coefficient (Wildman–Crippen LogP) is 3.43. The zero-order valence-corrected chi connectivity index (χ0v) is 20.8. The molecular formula is C24H37FN2O4S. The number of hydrogen-bond acceptors (Lipinski definition) is 5. The van der Waals surface area contributed by atoms with E-state index >= 15 is 0 Å². The van der Waals surface area contributed by atoms with Gasteiger partial charge in [0, 0.05) is 31.9 Å². The Bertz CT molecular complexity index is 910. The van der Waals surface area contributed by atoms with E-state index in [1.54, 1.807) is 31.7 Å². The normalized spacial score (nSPS) is 23.4. The lowest BCUT2D eigenvalue weighted by Gasteiger charge is -2.37. The Kier molecular flexibility index (Phi) is 7.55. The predicted molar refractivity (Wildman–Crippen MR) is 125 cm³/mol. The summed E-state index contributed by atoms with van der Waals surface area (Å²) in [5, 5.41) is 0. The summed E-state index contributed by atoms with van der Waals surface area (Å²) in [6.45, 7) is 11.6. The van der Waals surface area contributed by atoms with Crippen LogP contribution in [0.25, 0.3) is 0 Å². The van der Waals surface area contributed by atoms with E-state index in [-0.39, 0.29) is 42.0 Å². The zero-order chi connectivity index (χ0) is 23.7. The fraction of sp³-hybridized carbons (Fsp3) is 0.708. The molecule has 1 aromatic rings. The van der Waals surface area contributed by atoms with Gasteiger partial charge in [-0.3, -0.25) is 4.79 Å². The Morgan fingerprint density at radius 3 is 2.25 bits per heavy atom. The molecule has 3 rings (SSSR count). The second kappa shape index (κ2) is 9.67. The molecule has 2 aliphatic heterocycles. The maximum Gasteiger partial charge on any atom is 0.227 e. The van der Waals surface area contributed by atoms with Gasteiger partial charge in [-0.25, -0.2) is 12.8 Å². The average molecular weight is 469 g/mol. The first-order valence-electron chi connectivity index (χ1n) is 11.5. The van der Waals surface area contributed by atoms with Crippen molar-refractivity contribution in [2.45, 2.75) is 70.8 Å². The molecule has 0 spiro atoms. The molecule has 1 aromatic carbocycles. The SMILES string of the molecule is C[C@@H]1CN(c2ccc(CC(=O)N3CCC(CS(=O)(=O)C(C)(C)C)CC3)c(F)c2)C[C@H](C)O1. The van der Waals surface area contributed by atoms with Gasteiger partial charge in [0.1, 0.15) is 5.82 Å². The molecule has 6 nitrogen and oxygen atoms in total. The fourth-order valence-electron chi connectivity index (χ4n) is 4.45. The molecule has 1 amide bonds. The number of nitrogens with zero attached hydrogens (tertiary/aromatic N) is 2. The molecule has 0 N–H and O–H groups in total. The first-order valence-corrected chi connectivity index (χ1v) is 13.2. The summed E-state index contributed by atoms with van der Waals surface area (Å²) in [7, 11) is -3.17. The number of anilines is 1. The topological polar surface area (TPSA) is 66.9 Å². The van der Waals surface area contributed by atoms with Crippen LogP contribution in [0.15, 0.2) is 18.2 Å². The van der Waals surface area contributed by atoms with E-state index in [0.29, 0.717) is 44.6 Å². The van der Waals surface area contributed by atoms with Crippen LogP contribution in [-0.2, 0) is 25.8 Å². The van der Waals surface area contributed by atoms with Gasteiger partial charge in [0.2, 0.25) is 5.91 Å². The van der Waals surface area contributed by atoms with Gasteiger partial charge in [-0.2, -0.15) is 0 Å². The van der Waals surface area contributed by atoms with Crippen molar-refractivity contribution in [1.82, 2.24) is 4.90 Å². The van der Waals surface area contributed by atoms with Crippen LogP contribution in [0.3, 0.4) is 0 Å². The van der Waals surface area contributed by atoms with Crippen molar-refractivity contribution in [2.24, 2.45) is 5.92 Å². The molecule has 0 aromatic heterocycles. The number of amides is 1. The van der Waals surface area contributed by atoms with Gasteiger partial charge in [0.05, 0.1) is 29.1 Å². The summed E-state index contributed by atoms with van der Waals surface area (Å²) in [6, 6.07) is 5.09. The highest BCUT2D eigenvalue weighted by Crippen LogP contribution is 2.26. The smallest absolute Gasteiger partial charge is 0.227 e. The van der Waals surface area contributed by atoms with Gasteiger partial charge >= 0.3 is 0 Å². The monoisotopic (exact) mass is 468 g/mol. The quantitative estimate of drug-likeness (QED) is 0.662. The largest absolute Gasteiger partial charge is 0.372 e. The Morgan fingerprint density at radius 1 is 1.12 bits per heavy atom. The molecule has 2 atom stereocenters. The number of ether oxygens (including phenoxy) is 1. The van der Waals surface area contributed by atoms with Crippen molar-refractivity contribution in [3.05, 3.63) is 29.6 Å². The second-order valence-electron chi connectivity index (χ2n) is 10.3. The second-order valence-corrected chi connectivity index (χ2v) is 13.1. The van der Waals surface area contributed by atoms with E-state index in [9.17, 15) is 17.6 Å². The van der Waals surface area contributed by atoms with E-state index in [0.717, 1.165) is 5.69 Å². The molecule has 2 aliphatic rings. The Labute approximate surface area is 192 Å². The third-order valence-corrected chi connectivity index (χ3v) is 9.29. The minimum Gasteiger partial charge on any atom is -0.372 e. The Balaban J connectivity index is 1.55. The summed E-state index contributed by atoms with van der Waals surface area (Å²) in [6.07, 6.45) is 1.52. The third-order valence-electron chi connectivity index (χ3n) is 6.52. The van der Waals surface area contributed by atoms with Crippen LogP contribution < -0.4 is 4.90 Å². The molecule has 8 heteroatoms. The zero-order valence-electron chi connectivity index (χ0n) is 19.9. The van der Waals surface area contributed by atoms with Crippen molar-refractivity contribution < 1.29 is 22.3 Å². The van der Waals surface area contributed by atoms with Gasteiger partial charge < -0.3 is 14.5 Å². The number of benzene rings is 1. The van der Waals surface area contributed by atoms with Crippen LogP contribution in [-0.4, -0.2) is 68.1 Å². The van der Waals surface area contributed by atoms with E-state index < -0.39 is 14.6 Å². The molecular weight excluding hydrogens is 431 g/mol. The van der Waals surface area contributed by atoms with E-state index in [4.69, 9.17) is 4.74 Å². The molecule has 32 heavy (non-hydrogen) atoms. The molecule has 2 heterocycles. The van der Waals surface area contributed by atoms with Gasteiger partial charge in [-0.15, -0.1) is 0 Å². The lowest BCUT2D eigenvalue weighted by Crippen LogP contribution is -2.45. The molecule has 0 radical (unpaired) electrons. The molecule has 180 valence electrons. The molecule has 0 aliphatic carbocycles. The standard InChI is InChI=1S/C24H37FN2O4S/c1-17-14-27(15-18(2)31-17)21-7-6-20(22(25)13-21)12-23(28)26-10-8-19(9-11-26)16-32(29,30)24(3,4)5/h6-7,13,17-19H,8-12,14-16H2,1-5H3/t17-,18+. The molecule has 0 saturated carbocycles. The number of sulfone groups is 1. The number of carbonyl (C=O) groups excluding carboxylic acids is 1. The van der Waals surface area contributed by atoms with Gasteiger partial charge in [-0.1, -0.05) is 6.07 Å². The molecule has 0 unspecified atom stereocenters.